The lowest BCUT2D eigenvalue weighted by Crippen LogP contribution is -2.40. The van der Waals surface area contributed by atoms with Crippen molar-refractivity contribution >= 4 is 16.8 Å². The lowest BCUT2D eigenvalue weighted by atomic mass is 9.94. The van der Waals surface area contributed by atoms with E-state index in [2.05, 4.69) is 29.0 Å². The van der Waals surface area contributed by atoms with E-state index in [-0.39, 0.29) is 5.91 Å². The molecule has 0 bridgehead atoms. The van der Waals surface area contributed by atoms with Crippen LogP contribution in [0.3, 0.4) is 0 Å². The van der Waals surface area contributed by atoms with Gasteiger partial charge >= 0.3 is 0 Å². The average molecular weight is 325 g/mol. The highest BCUT2D eigenvalue weighted by molar-refractivity contribution is 5.97. The molecule has 0 spiro atoms. The monoisotopic (exact) mass is 325 g/mol. The Bertz CT molecular complexity index is 698. The lowest BCUT2D eigenvalue weighted by molar-refractivity contribution is 0.0942. The molecular formula is C20H27N3O. The summed E-state index contributed by atoms with van der Waals surface area (Å²) >= 11 is 0. The highest BCUT2D eigenvalue weighted by atomic mass is 16.1. The fourth-order valence-corrected chi connectivity index (χ4v) is 3.49. The minimum Gasteiger partial charge on any atom is -0.352 e. The zero-order chi connectivity index (χ0) is 16.9. The number of likely N-dealkylation sites (tertiary alicyclic amines) is 1. The molecule has 0 aliphatic carbocycles. The Morgan fingerprint density at radius 3 is 3.04 bits per heavy atom. The minimum absolute atomic E-state index is 0.0234. The molecule has 3 rings (SSSR count). The molecule has 1 atom stereocenters. The summed E-state index contributed by atoms with van der Waals surface area (Å²) in [5.41, 5.74) is 1.56. The Labute approximate surface area is 144 Å². The van der Waals surface area contributed by atoms with Crippen molar-refractivity contribution in [2.75, 3.05) is 19.6 Å². The van der Waals surface area contributed by atoms with Crippen molar-refractivity contribution in [2.24, 2.45) is 5.92 Å². The zero-order valence-corrected chi connectivity index (χ0v) is 14.7. The fourth-order valence-electron chi connectivity index (χ4n) is 3.49. The van der Waals surface area contributed by atoms with Crippen molar-refractivity contribution in [3.8, 4) is 0 Å². The van der Waals surface area contributed by atoms with Gasteiger partial charge in [0.1, 0.15) is 0 Å². The van der Waals surface area contributed by atoms with Gasteiger partial charge in [-0.25, -0.2) is 0 Å². The van der Waals surface area contributed by atoms with Crippen LogP contribution in [0.1, 0.15) is 43.5 Å². The lowest BCUT2D eigenvalue weighted by Gasteiger charge is -2.35. The number of rotatable bonds is 5. The number of carbonyl (C=O) groups excluding carboxylic acids is 1. The van der Waals surface area contributed by atoms with E-state index in [0.29, 0.717) is 17.5 Å². The van der Waals surface area contributed by atoms with Crippen LogP contribution in [-0.4, -0.2) is 41.5 Å². The first-order valence-electron chi connectivity index (χ1n) is 9.00. The van der Waals surface area contributed by atoms with Gasteiger partial charge in [-0.2, -0.15) is 0 Å². The fraction of sp³-hybridized carbons (Fsp3) is 0.500. The van der Waals surface area contributed by atoms with E-state index >= 15 is 0 Å². The molecule has 0 radical (unpaired) electrons. The Morgan fingerprint density at radius 1 is 1.38 bits per heavy atom. The third-order valence-electron chi connectivity index (χ3n) is 4.97. The predicted octanol–water partition coefficient (Wildman–Crippen LogP) is 3.48. The Hall–Kier alpha value is -1.94. The van der Waals surface area contributed by atoms with E-state index in [1.54, 1.807) is 6.20 Å². The van der Waals surface area contributed by atoms with E-state index in [4.69, 9.17) is 0 Å². The third-order valence-corrected chi connectivity index (χ3v) is 4.97. The first kappa shape index (κ1) is 16.9. The molecule has 128 valence electrons. The first-order chi connectivity index (χ1) is 11.6. The summed E-state index contributed by atoms with van der Waals surface area (Å²) in [5, 5.41) is 4.06. The van der Waals surface area contributed by atoms with Crippen molar-refractivity contribution < 1.29 is 4.79 Å². The second kappa shape index (κ2) is 7.75. The van der Waals surface area contributed by atoms with Gasteiger partial charge in [-0.1, -0.05) is 18.2 Å². The summed E-state index contributed by atoms with van der Waals surface area (Å²) in [6, 6.07) is 10.4. The highest BCUT2D eigenvalue weighted by Gasteiger charge is 2.21. The van der Waals surface area contributed by atoms with E-state index in [1.165, 1.54) is 19.4 Å². The molecule has 1 aromatic heterocycles. The number of nitrogens with one attached hydrogen (secondary N) is 1. The number of hydrogen-bond acceptors (Lipinski definition) is 3. The molecule has 1 aliphatic rings. The second-order valence-electron chi connectivity index (χ2n) is 7.06. The zero-order valence-electron chi connectivity index (χ0n) is 14.7. The maximum atomic E-state index is 12.3. The highest BCUT2D eigenvalue weighted by Crippen LogP contribution is 2.20. The third kappa shape index (κ3) is 4.12. The van der Waals surface area contributed by atoms with Gasteiger partial charge in [-0.15, -0.1) is 0 Å². The first-order valence-corrected chi connectivity index (χ1v) is 9.00. The van der Waals surface area contributed by atoms with Gasteiger partial charge in [-0.05, 0) is 57.7 Å². The van der Waals surface area contributed by atoms with Crippen LogP contribution >= 0.6 is 0 Å². The van der Waals surface area contributed by atoms with Crippen LogP contribution in [0.2, 0.25) is 0 Å². The van der Waals surface area contributed by atoms with Crippen LogP contribution in [-0.2, 0) is 0 Å². The van der Waals surface area contributed by atoms with Crippen molar-refractivity contribution in [3.05, 3.63) is 42.1 Å². The molecule has 4 nitrogen and oxygen atoms in total. The molecule has 2 heterocycles. The van der Waals surface area contributed by atoms with Crippen LogP contribution < -0.4 is 5.32 Å². The predicted molar refractivity (Wildman–Crippen MR) is 98.1 cm³/mol. The molecule has 2 aromatic rings. The minimum atomic E-state index is -0.0234. The molecule has 1 amide bonds. The number of benzene rings is 1. The SMILES string of the molecule is CC(C)N1CCCC(CCNC(=O)c2cnc3ccccc3c2)C1. The summed E-state index contributed by atoms with van der Waals surface area (Å²) < 4.78 is 0. The number of carbonyl (C=O) groups is 1. The summed E-state index contributed by atoms with van der Waals surface area (Å²) in [6.45, 7) is 7.63. The molecule has 1 fully saturated rings. The maximum Gasteiger partial charge on any atom is 0.252 e. The van der Waals surface area contributed by atoms with Gasteiger partial charge in [0.15, 0.2) is 0 Å². The van der Waals surface area contributed by atoms with E-state index < -0.39 is 0 Å². The number of piperidine rings is 1. The number of aromatic nitrogens is 1. The van der Waals surface area contributed by atoms with E-state index in [9.17, 15) is 4.79 Å². The Kier molecular flexibility index (Phi) is 5.46. The number of fused-ring (bicyclic) bond motifs is 1. The smallest absolute Gasteiger partial charge is 0.252 e. The van der Waals surface area contributed by atoms with Crippen LogP contribution in [0.4, 0.5) is 0 Å². The van der Waals surface area contributed by atoms with Crippen molar-refractivity contribution in [2.45, 2.75) is 39.2 Å². The summed E-state index contributed by atoms with van der Waals surface area (Å²) in [5.74, 6) is 0.668. The quantitative estimate of drug-likeness (QED) is 0.915. The van der Waals surface area contributed by atoms with Gasteiger partial charge in [0, 0.05) is 30.7 Å². The molecule has 4 heteroatoms. The van der Waals surface area contributed by atoms with E-state index in [0.717, 1.165) is 30.4 Å². The van der Waals surface area contributed by atoms with Crippen molar-refractivity contribution in [1.29, 1.82) is 0 Å². The molecule has 1 aromatic carbocycles. The van der Waals surface area contributed by atoms with Gasteiger partial charge in [0.25, 0.3) is 5.91 Å². The summed E-state index contributed by atoms with van der Waals surface area (Å²) in [7, 11) is 0. The average Bonchev–Trinajstić information content (AvgIpc) is 2.61. The molecule has 1 N–H and O–H groups in total. The largest absolute Gasteiger partial charge is 0.352 e. The summed E-state index contributed by atoms with van der Waals surface area (Å²) in [6.07, 6.45) is 5.26. The number of para-hydroxylation sites is 1. The molecule has 1 aliphatic heterocycles. The van der Waals surface area contributed by atoms with Crippen LogP contribution in [0, 0.1) is 5.92 Å². The van der Waals surface area contributed by atoms with Crippen molar-refractivity contribution in [1.82, 2.24) is 15.2 Å². The van der Waals surface area contributed by atoms with Crippen molar-refractivity contribution in [3.63, 3.8) is 0 Å². The number of hydrogen-bond donors (Lipinski definition) is 1. The number of pyridine rings is 1. The van der Waals surface area contributed by atoms with Gasteiger partial charge in [0.2, 0.25) is 0 Å². The van der Waals surface area contributed by atoms with Gasteiger partial charge in [-0.3, -0.25) is 9.78 Å². The van der Waals surface area contributed by atoms with Crippen LogP contribution in [0.15, 0.2) is 36.5 Å². The normalized spacial score (nSPS) is 18.9. The Balaban J connectivity index is 1.51. The topological polar surface area (TPSA) is 45.2 Å². The molecule has 1 unspecified atom stereocenters. The van der Waals surface area contributed by atoms with Crippen LogP contribution in [0.5, 0.6) is 0 Å². The molecular weight excluding hydrogens is 298 g/mol. The van der Waals surface area contributed by atoms with Crippen LogP contribution in [0.25, 0.3) is 10.9 Å². The number of nitrogens with zero attached hydrogens (tertiary/aromatic N) is 2. The summed E-state index contributed by atoms with van der Waals surface area (Å²) in [4.78, 5) is 19.2. The Morgan fingerprint density at radius 2 is 2.21 bits per heavy atom. The molecule has 1 saturated heterocycles. The maximum absolute atomic E-state index is 12.3. The van der Waals surface area contributed by atoms with Gasteiger partial charge in [0.05, 0.1) is 11.1 Å². The standard InChI is InChI=1S/C20H27N3O/c1-15(2)23-11-5-6-16(14-23)9-10-21-20(24)18-12-17-7-3-4-8-19(17)22-13-18/h3-4,7-8,12-13,15-16H,5-6,9-11,14H2,1-2H3,(H,21,24). The molecule has 24 heavy (non-hydrogen) atoms. The van der Waals surface area contributed by atoms with E-state index in [1.807, 2.05) is 30.3 Å². The molecule has 0 saturated carbocycles. The van der Waals surface area contributed by atoms with Gasteiger partial charge < -0.3 is 10.2 Å². The second-order valence-corrected chi connectivity index (χ2v) is 7.06. The number of amides is 1.